The number of ether oxygens (including phenoxy) is 2. The second-order valence-corrected chi connectivity index (χ2v) is 6.48. The van der Waals surface area contributed by atoms with E-state index >= 15 is 0 Å². The van der Waals surface area contributed by atoms with Gasteiger partial charge < -0.3 is 14.8 Å². The third kappa shape index (κ3) is 4.58. The number of hydrogen-bond donors (Lipinski definition) is 1. The topological polar surface area (TPSA) is 30.5 Å². The first kappa shape index (κ1) is 15.5. The maximum atomic E-state index is 5.73. The average Bonchev–Trinajstić information content (AvgIpc) is 2.41. The summed E-state index contributed by atoms with van der Waals surface area (Å²) in [4.78, 5) is 0. The van der Waals surface area contributed by atoms with Crippen molar-refractivity contribution < 1.29 is 9.47 Å². The second-order valence-electron chi connectivity index (χ2n) is 6.48. The van der Waals surface area contributed by atoms with Gasteiger partial charge in [-0.15, -0.1) is 0 Å². The highest BCUT2D eigenvalue weighted by molar-refractivity contribution is 5.19. The van der Waals surface area contributed by atoms with Gasteiger partial charge in [-0.1, -0.05) is 44.2 Å². The third-order valence-electron chi connectivity index (χ3n) is 3.61. The molecule has 1 heterocycles. The van der Waals surface area contributed by atoms with Crippen LogP contribution in [0.2, 0.25) is 0 Å². The molecule has 2 rings (SSSR count). The summed E-state index contributed by atoms with van der Waals surface area (Å²) < 4.78 is 11.5. The molecular formula is C17H27NO2. The molecule has 0 bridgehead atoms. The van der Waals surface area contributed by atoms with Crippen LogP contribution < -0.4 is 5.32 Å². The van der Waals surface area contributed by atoms with Crippen molar-refractivity contribution in [1.29, 1.82) is 0 Å². The smallest absolute Gasteiger partial charge is 0.162 e. The first-order valence-electron chi connectivity index (χ1n) is 7.55. The first-order chi connectivity index (χ1) is 9.46. The van der Waals surface area contributed by atoms with Crippen molar-refractivity contribution in [3.05, 3.63) is 35.9 Å². The Hall–Kier alpha value is -0.900. The van der Waals surface area contributed by atoms with E-state index in [-0.39, 0.29) is 6.04 Å². The molecule has 0 amide bonds. The predicted octanol–water partition coefficient (Wildman–Crippen LogP) is 3.51. The summed E-state index contributed by atoms with van der Waals surface area (Å²) in [5.74, 6) is 0.202. The lowest BCUT2D eigenvalue weighted by Crippen LogP contribution is -2.49. The second kappa shape index (κ2) is 6.70. The Morgan fingerprint density at radius 3 is 2.30 bits per heavy atom. The molecule has 3 heteroatoms. The summed E-state index contributed by atoms with van der Waals surface area (Å²) in [7, 11) is 0. The van der Waals surface area contributed by atoms with Gasteiger partial charge in [-0.3, -0.25) is 0 Å². The van der Waals surface area contributed by atoms with E-state index in [0.29, 0.717) is 25.2 Å². The van der Waals surface area contributed by atoms with Crippen LogP contribution in [0, 0.1) is 5.92 Å². The van der Waals surface area contributed by atoms with Gasteiger partial charge in [-0.2, -0.15) is 0 Å². The van der Waals surface area contributed by atoms with E-state index in [0.717, 1.165) is 6.42 Å². The Bertz CT molecular complexity index is 393. The van der Waals surface area contributed by atoms with Crippen LogP contribution in [0.25, 0.3) is 0 Å². The summed E-state index contributed by atoms with van der Waals surface area (Å²) in [5, 5.41) is 3.69. The first-order valence-corrected chi connectivity index (χ1v) is 7.55. The lowest BCUT2D eigenvalue weighted by Gasteiger charge is -2.37. The van der Waals surface area contributed by atoms with E-state index in [4.69, 9.17) is 9.47 Å². The zero-order chi connectivity index (χ0) is 14.6. The molecule has 1 aliphatic heterocycles. The molecule has 1 unspecified atom stereocenters. The van der Waals surface area contributed by atoms with Crippen LogP contribution in [-0.2, 0) is 9.47 Å². The Morgan fingerprint density at radius 2 is 1.75 bits per heavy atom. The highest BCUT2D eigenvalue weighted by Gasteiger charge is 2.29. The molecule has 1 saturated heterocycles. The average molecular weight is 277 g/mol. The van der Waals surface area contributed by atoms with Crippen LogP contribution in [0.15, 0.2) is 30.3 Å². The zero-order valence-corrected chi connectivity index (χ0v) is 13.1. The van der Waals surface area contributed by atoms with Crippen LogP contribution in [0.1, 0.15) is 45.7 Å². The molecule has 1 aliphatic rings. The van der Waals surface area contributed by atoms with Crippen molar-refractivity contribution >= 4 is 0 Å². The van der Waals surface area contributed by atoms with Crippen molar-refractivity contribution in [3.8, 4) is 0 Å². The highest BCUT2D eigenvalue weighted by atomic mass is 16.7. The van der Waals surface area contributed by atoms with E-state index in [1.54, 1.807) is 0 Å². The van der Waals surface area contributed by atoms with Crippen molar-refractivity contribution in [2.24, 2.45) is 5.92 Å². The Labute approximate surface area is 122 Å². The minimum absolute atomic E-state index is 0.256. The van der Waals surface area contributed by atoms with Gasteiger partial charge in [0.05, 0.1) is 19.3 Å². The maximum absolute atomic E-state index is 5.73. The van der Waals surface area contributed by atoms with Gasteiger partial charge in [-0.25, -0.2) is 0 Å². The van der Waals surface area contributed by atoms with Crippen molar-refractivity contribution in [2.45, 2.75) is 52.0 Å². The van der Waals surface area contributed by atoms with Crippen molar-refractivity contribution in [1.82, 2.24) is 5.32 Å². The van der Waals surface area contributed by atoms with E-state index in [1.807, 2.05) is 13.8 Å². The molecule has 0 aliphatic carbocycles. The van der Waals surface area contributed by atoms with E-state index in [2.05, 4.69) is 49.5 Å². The summed E-state index contributed by atoms with van der Waals surface area (Å²) in [5.41, 5.74) is 1.34. The number of hydrogen-bond acceptors (Lipinski definition) is 3. The standard InChI is InChI=1S/C17H27NO2/c1-13(2)10-16(14-8-6-5-7-9-14)18-15-11-19-17(3,4)20-12-15/h5-9,13,15-16,18H,10-12H2,1-4H3. The monoisotopic (exact) mass is 277 g/mol. The van der Waals surface area contributed by atoms with Crippen LogP contribution in [-0.4, -0.2) is 25.0 Å². The molecule has 0 spiro atoms. The number of benzene rings is 1. The molecule has 0 radical (unpaired) electrons. The fourth-order valence-electron chi connectivity index (χ4n) is 2.53. The molecular weight excluding hydrogens is 250 g/mol. The van der Waals surface area contributed by atoms with Crippen LogP contribution >= 0.6 is 0 Å². The summed E-state index contributed by atoms with van der Waals surface area (Å²) >= 11 is 0. The van der Waals surface area contributed by atoms with Crippen molar-refractivity contribution in [2.75, 3.05) is 13.2 Å². The van der Waals surface area contributed by atoms with Crippen molar-refractivity contribution in [3.63, 3.8) is 0 Å². The van der Waals surface area contributed by atoms with Gasteiger partial charge in [0.2, 0.25) is 0 Å². The van der Waals surface area contributed by atoms with E-state index in [1.165, 1.54) is 5.56 Å². The van der Waals surface area contributed by atoms with E-state index < -0.39 is 5.79 Å². The Kier molecular flexibility index (Phi) is 5.19. The minimum atomic E-state index is -0.446. The van der Waals surface area contributed by atoms with Gasteiger partial charge in [0.25, 0.3) is 0 Å². The summed E-state index contributed by atoms with van der Waals surface area (Å²) in [6.45, 7) is 9.85. The van der Waals surface area contributed by atoms with E-state index in [9.17, 15) is 0 Å². The number of nitrogens with one attached hydrogen (secondary N) is 1. The van der Waals surface area contributed by atoms with Gasteiger partial charge in [0.15, 0.2) is 5.79 Å². The molecule has 0 saturated carbocycles. The molecule has 1 atom stereocenters. The fourth-order valence-corrected chi connectivity index (χ4v) is 2.53. The summed E-state index contributed by atoms with van der Waals surface area (Å²) in [6.07, 6.45) is 1.11. The molecule has 3 nitrogen and oxygen atoms in total. The minimum Gasteiger partial charge on any atom is -0.349 e. The van der Waals surface area contributed by atoms with Crippen LogP contribution in [0.3, 0.4) is 0 Å². The third-order valence-corrected chi connectivity index (χ3v) is 3.61. The Morgan fingerprint density at radius 1 is 1.15 bits per heavy atom. The zero-order valence-electron chi connectivity index (χ0n) is 13.1. The van der Waals surface area contributed by atoms with Gasteiger partial charge in [0.1, 0.15) is 0 Å². The molecule has 112 valence electrons. The predicted molar refractivity (Wildman–Crippen MR) is 81.5 cm³/mol. The lowest BCUT2D eigenvalue weighted by atomic mass is 9.96. The molecule has 1 N–H and O–H groups in total. The molecule has 0 aromatic heterocycles. The normalized spacial score (nSPS) is 21.1. The van der Waals surface area contributed by atoms with Crippen LogP contribution in [0.5, 0.6) is 0 Å². The highest BCUT2D eigenvalue weighted by Crippen LogP contribution is 2.24. The fraction of sp³-hybridized carbons (Fsp3) is 0.647. The molecule has 20 heavy (non-hydrogen) atoms. The largest absolute Gasteiger partial charge is 0.349 e. The SMILES string of the molecule is CC(C)CC(NC1COC(C)(C)OC1)c1ccccc1. The van der Waals surface area contributed by atoms with Gasteiger partial charge in [-0.05, 0) is 31.7 Å². The van der Waals surface area contributed by atoms with Gasteiger partial charge >= 0.3 is 0 Å². The van der Waals surface area contributed by atoms with Crippen LogP contribution in [0.4, 0.5) is 0 Å². The Balaban J connectivity index is 1.98. The summed E-state index contributed by atoms with van der Waals surface area (Å²) in [6, 6.07) is 11.2. The molecule has 1 aromatic rings. The molecule has 1 aromatic carbocycles. The quantitative estimate of drug-likeness (QED) is 0.893. The van der Waals surface area contributed by atoms with Gasteiger partial charge in [0, 0.05) is 6.04 Å². The lowest BCUT2D eigenvalue weighted by molar-refractivity contribution is -0.253. The number of rotatable bonds is 5. The molecule has 1 fully saturated rings. The maximum Gasteiger partial charge on any atom is 0.162 e.